The molecule has 0 amide bonds. The highest BCUT2D eigenvalue weighted by Gasteiger charge is 2.23. The molecule has 0 saturated carbocycles. The molecular formula is C24H28N4O. The Bertz CT molecular complexity index is 914. The normalized spacial score (nSPS) is 19.9. The smallest absolute Gasteiger partial charge is 0.0991 e. The first-order valence-corrected chi connectivity index (χ1v) is 10.6. The fraction of sp³-hybridized carbons (Fsp3) is 0.375. The van der Waals surface area contributed by atoms with Crippen LogP contribution in [-0.2, 0) is 11.2 Å². The van der Waals surface area contributed by atoms with Crippen molar-refractivity contribution in [3.63, 3.8) is 0 Å². The second-order valence-electron chi connectivity index (χ2n) is 7.96. The highest BCUT2D eigenvalue weighted by Crippen LogP contribution is 2.27. The summed E-state index contributed by atoms with van der Waals surface area (Å²) < 4.78 is 8.08. The molecule has 5 heteroatoms. The van der Waals surface area contributed by atoms with E-state index < -0.39 is 0 Å². The van der Waals surface area contributed by atoms with E-state index in [-0.39, 0.29) is 6.10 Å². The summed E-state index contributed by atoms with van der Waals surface area (Å²) in [5.74, 6) is 0. The van der Waals surface area contributed by atoms with E-state index in [0.717, 1.165) is 51.2 Å². The van der Waals surface area contributed by atoms with Crippen molar-refractivity contribution >= 4 is 5.69 Å². The van der Waals surface area contributed by atoms with E-state index in [1.54, 1.807) is 0 Å². The monoisotopic (exact) mass is 388 g/mol. The lowest BCUT2D eigenvalue weighted by molar-refractivity contribution is 0.0401. The second kappa shape index (κ2) is 8.39. The van der Waals surface area contributed by atoms with Crippen LogP contribution in [0.25, 0.3) is 5.69 Å². The molecule has 2 aliphatic rings. The molecule has 29 heavy (non-hydrogen) atoms. The minimum absolute atomic E-state index is 0.189. The summed E-state index contributed by atoms with van der Waals surface area (Å²) in [5.41, 5.74) is 5.26. The SMILES string of the molecule is c1ccc2c(c1)CCO[C@H]2CNC1CCN(c2ccc(-n3ccnc3)cc2)CC1. The summed E-state index contributed by atoms with van der Waals surface area (Å²) in [4.78, 5) is 6.61. The van der Waals surface area contributed by atoms with Gasteiger partial charge in [-0.2, -0.15) is 0 Å². The predicted octanol–water partition coefficient (Wildman–Crippen LogP) is 3.74. The Morgan fingerprint density at radius 3 is 2.59 bits per heavy atom. The van der Waals surface area contributed by atoms with Gasteiger partial charge in [0.25, 0.3) is 0 Å². The average Bonchev–Trinajstić information content (AvgIpc) is 3.33. The molecule has 1 fully saturated rings. The fourth-order valence-corrected chi connectivity index (χ4v) is 4.51. The number of benzene rings is 2. The molecule has 5 nitrogen and oxygen atoms in total. The van der Waals surface area contributed by atoms with Crippen LogP contribution in [0.2, 0.25) is 0 Å². The molecule has 2 aromatic carbocycles. The van der Waals surface area contributed by atoms with Crippen molar-refractivity contribution in [3.05, 3.63) is 78.4 Å². The second-order valence-corrected chi connectivity index (χ2v) is 7.96. The molecule has 3 heterocycles. The van der Waals surface area contributed by atoms with Crippen LogP contribution < -0.4 is 10.2 Å². The Kier molecular flexibility index (Phi) is 5.33. The Labute approximate surface area is 172 Å². The van der Waals surface area contributed by atoms with Gasteiger partial charge in [0.15, 0.2) is 0 Å². The topological polar surface area (TPSA) is 42.3 Å². The molecule has 1 aromatic heterocycles. The summed E-state index contributed by atoms with van der Waals surface area (Å²) in [6.45, 7) is 3.91. The van der Waals surface area contributed by atoms with Gasteiger partial charge in [-0.15, -0.1) is 0 Å². The zero-order valence-corrected chi connectivity index (χ0v) is 16.7. The van der Waals surface area contributed by atoms with Crippen molar-refractivity contribution in [1.82, 2.24) is 14.9 Å². The number of aromatic nitrogens is 2. The van der Waals surface area contributed by atoms with Gasteiger partial charge in [0.2, 0.25) is 0 Å². The van der Waals surface area contributed by atoms with Crippen LogP contribution in [0.5, 0.6) is 0 Å². The fourth-order valence-electron chi connectivity index (χ4n) is 4.51. The quantitative estimate of drug-likeness (QED) is 0.723. The van der Waals surface area contributed by atoms with E-state index >= 15 is 0 Å². The molecule has 1 N–H and O–H groups in total. The molecule has 3 aromatic rings. The average molecular weight is 389 g/mol. The molecule has 0 spiro atoms. The summed E-state index contributed by atoms with van der Waals surface area (Å²) >= 11 is 0. The third-order valence-electron chi connectivity index (χ3n) is 6.20. The highest BCUT2D eigenvalue weighted by molar-refractivity contribution is 5.51. The molecule has 2 aliphatic heterocycles. The van der Waals surface area contributed by atoms with Crippen LogP contribution in [0.3, 0.4) is 0 Å². The van der Waals surface area contributed by atoms with E-state index in [1.807, 2.05) is 23.3 Å². The Morgan fingerprint density at radius 1 is 1.00 bits per heavy atom. The van der Waals surface area contributed by atoms with E-state index in [0.29, 0.717) is 6.04 Å². The molecule has 0 radical (unpaired) electrons. The number of hydrogen-bond acceptors (Lipinski definition) is 4. The number of nitrogens with one attached hydrogen (secondary N) is 1. The van der Waals surface area contributed by atoms with Gasteiger partial charge < -0.3 is 19.5 Å². The van der Waals surface area contributed by atoms with Gasteiger partial charge in [0, 0.05) is 49.4 Å². The molecule has 1 saturated heterocycles. The van der Waals surface area contributed by atoms with E-state index in [1.165, 1.54) is 16.8 Å². The molecule has 1 atom stereocenters. The molecule has 5 rings (SSSR count). The standard InChI is InChI=1S/C24H28N4O/c1-2-4-23-19(3-1)11-16-29-24(23)17-26-20-9-13-27(14-10-20)21-5-7-22(8-6-21)28-15-12-25-18-28/h1-8,12,15,18,20,24,26H,9-11,13-14,16-17H2/t24-/m0/s1. The molecular weight excluding hydrogens is 360 g/mol. The number of rotatable bonds is 5. The van der Waals surface area contributed by atoms with Crippen molar-refractivity contribution in [2.45, 2.75) is 31.4 Å². The minimum atomic E-state index is 0.189. The van der Waals surface area contributed by atoms with Crippen LogP contribution in [0.1, 0.15) is 30.1 Å². The van der Waals surface area contributed by atoms with Crippen LogP contribution >= 0.6 is 0 Å². The van der Waals surface area contributed by atoms with E-state index in [9.17, 15) is 0 Å². The first-order chi connectivity index (χ1) is 14.4. The Hall–Kier alpha value is -2.63. The maximum atomic E-state index is 6.05. The van der Waals surface area contributed by atoms with Gasteiger partial charge in [-0.3, -0.25) is 0 Å². The predicted molar refractivity (Wildman–Crippen MR) is 116 cm³/mol. The molecule has 0 unspecified atom stereocenters. The van der Waals surface area contributed by atoms with Crippen molar-refractivity contribution < 1.29 is 4.74 Å². The third-order valence-corrected chi connectivity index (χ3v) is 6.20. The highest BCUT2D eigenvalue weighted by atomic mass is 16.5. The van der Waals surface area contributed by atoms with E-state index in [4.69, 9.17) is 4.74 Å². The molecule has 150 valence electrons. The van der Waals surface area contributed by atoms with Crippen LogP contribution in [0.15, 0.2) is 67.3 Å². The molecule has 0 bridgehead atoms. The summed E-state index contributed by atoms with van der Waals surface area (Å²) in [5, 5.41) is 3.77. The van der Waals surface area contributed by atoms with Crippen LogP contribution in [0, 0.1) is 0 Å². The van der Waals surface area contributed by atoms with Gasteiger partial charge in [-0.1, -0.05) is 24.3 Å². The van der Waals surface area contributed by atoms with Gasteiger partial charge in [-0.05, 0) is 54.7 Å². The zero-order valence-electron chi connectivity index (χ0n) is 16.7. The van der Waals surface area contributed by atoms with E-state index in [2.05, 4.69) is 63.7 Å². The maximum Gasteiger partial charge on any atom is 0.0991 e. The third kappa shape index (κ3) is 4.07. The number of ether oxygens (including phenoxy) is 1. The van der Waals surface area contributed by atoms with Gasteiger partial charge in [-0.25, -0.2) is 4.98 Å². The van der Waals surface area contributed by atoms with Crippen LogP contribution in [-0.4, -0.2) is 41.8 Å². The lowest BCUT2D eigenvalue weighted by Crippen LogP contribution is -2.44. The van der Waals surface area contributed by atoms with Crippen molar-refractivity contribution in [3.8, 4) is 5.69 Å². The number of piperidine rings is 1. The number of anilines is 1. The number of hydrogen-bond donors (Lipinski definition) is 1. The first kappa shape index (κ1) is 18.4. The van der Waals surface area contributed by atoms with Gasteiger partial charge in [0.05, 0.1) is 19.0 Å². The summed E-state index contributed by atoms with van der Waals surface area (Å²) in [6.07, 6.45) is 9.16. The Morgan fingerprint density at radius 2 is 1.79 bits per heavy atom. The Balaban J connectivity index is 1.13. The lowest BCUT2D eigenvalue weighted by atomic mass is 9.97. The number of nitrogens with zero attached hydrogens (tertiary/aromatic N) is 3. The zero-order chi connectivity index (χ0) is 19.5. The first-order valence-electron chi connectivity index (χ1n) is 10.6. The maximum absolute atomic E-state index is 6.05. The van der Waals surface area contributed by atoms with Crippen LogP contribution in [0.4, 0.5) is 5.69 Å². The summed E-state index contributed by atoms with van der Waals surface area (Å²) in [7, 11) is 0. The number of fused-ring (bicyclic) bond motifs is 1. The molecule has 0 aliphatic carbocycles. The largest absolute Gasteiger partial charge is 0.372 e. The lowest BCUT2D eigenvalue weighted by Gasteiger charge is -2.35. The summed E-state index contributed by atoms with van der Waals surface area (Å²) in [6, 6.07) is 18.0. The minimum Gasteiger partial charge on any atom is -0.372 e. The van der Waals surface area contributed by atoms with Crippen molar-refractivity contribution in [1.29, 1.82) is 0 Å². The van der Waals surface area contributed by atoms with Crippen molar-refractivity contribution in [2.75, 3.05) is 31.1 Å². The van der Waals surface area contributed by atoms with Gasteiger partial charge in [0.1, 0.15) is 0 Å². The number of imidazole rings is 1. The van der Waals surface area contributed by atoms with Gasteiger partial charge >= 0.3 is 0 Å². The van der Waals surface area contributed by atoms with Crippen molar-refractivity contribution in [2.24, 2.45) is 0 Å².